The van der Waals surface area contributed by atoms with E-state index in [0.29, 0.717) is 11.7 Å². The van der Waals surface area contributed by atoms with Crippen molar-refractivity contribution in [3.8, 4) is 5.75 Å². The van der Waals surface area contributed by atoms with Crippen LogP contribution in [-0.2, 0) is 6.54 Å². The Kier molecular flexibility index (Phi) is 5.59. The first-order valence-electron chi connectivity index (χ1n) is 6.64. The highest BCUT2D eigenvalue weighted by atomic mass is 32.1. The number of rotatable bonds is 5. The van der Waals surface area contributed by atoms with Gasteiger partial charge in [-0.3, -0.25) is 15.5 Å². The lowest BCUT2D eigenvalue weighted by Crippen LogP contribution is -2.31. The second-order valence-corrected chi connectivity index (χ2v) is 4.95. The average Bonchev–Trinajstić information content (AvgIpc) is 2.55. The van der Waals surface area contributed by atoms with Crippen molar-refractivity contribution in [1.82, 2.24) is 10.7 Å². The molecule has 0 saturated carbocycles. The minimum absolute atomic E-state index is 0.107. The number of hydrogen-bond donors (Lipinski definition) is 3. The number of nitrogens with zero attached hydrogens (tertiary/aromatic N) is 2. The first-order valence-corrected chi connectivity index (χ1v) is 7.05. The third kappa shape index (κ3) is 5.04. The van der Waals surface area contributed by atoms with Crippen molar-refractivity contribution < 1.29 is 10.0 Å². The molecule has 0 aliphatic rings. The predicted molar refractivity (Wildman–Crippen MR) is 91.4 cm³/mol. The van der Waals surface area contributed by atoms with Gasteiger partial charge in [-0.25, -0.2) is 0 Å². The molecule has 0 aliphatic carbocycles. The van der Waals surface area contributed by atoms with E-state index in [-0.39, 0.29) is 17.0 Å². The molecule has 3 N–H and O–H groups in total. The van der Waals surface area contributed by atoms with Gasteiger partial charge in [0.15, 0.2) is 5.11 Å². The molecular weight excluding hydrogens is 316 g/mol. The molecular formula is C15H14N4O3S. The van der Waals surface area contributed by atoms with Crippen molar-refractivity contribution in [3.05, 3.63) is 69.8 Å². The highest BCUT2D eigenvalue weighted by Crippen LogP contribution is 2.21. The summed E-state index contributed by atoms with van der Waals surface area (Å²) in [6, 6.07) is 13.4. The molecule has 2 aromatic carbocycles. The molecule has 7 nitrogen and oxygen atoms in total. The zero-order valence-corrected chi connectivity index (χ0v) is 12.8. The molecule has 23 heavy (non-hydrogen) atoms. The summed E-state index contributed by atoms with van der Waals surface area (Å²) in [5.74, 6) is -0.107. The lowest BCUT2D eigenvalue weighted by atomic mass is 10.2. The Morgan fingerprint density at radius 3 is 2.74 bits per heavy atom. The summed E-state index contributed by atoms with van der Waals surface area (Å²) < 4.78 is 0. The maximum Gasteiger partial charge on any atom is 0.270 e. The van der Waals surface area contributed by atoms with Gasteiger partial charge in [-0.05, 0) is 23.8 Å². The lowest BCUT2D eigenvalue weighted by Gasteiger charge is -2.06. The van der Waals surface area contributed by atoms with Gasteiger partial charge >= 0.3 is 0 Å². The molecule has 0 spiro atoms. The first kappa shape index (κ1) is 16.4. The Balaban J connectivity index is 1.90. The molecule has 0 amide bonds. The Bertz CT molecular complexity index is 735. The fraction of sp³-hybridized carbons (Fsp3) is 0.0667. The molecule has 0 radical (unpaired) electrons. The highest BCUT2D eigenvalue weighted by Gasteiger charge is 2.08. The number of nitro groups is 1. The van der Waals surface area contributed by atoms with Gasteiger partial charge in [0.05, 0.1) is 11.1 Å². The maximum absolute atomic E-state index is 10.7. The SMILES string of the molecule is O=[N+]([O-])c1ccc(O)c(/C=N\NC(=S)NCc2ccccc2)c1. The number of aromatic hydroxyl groups is 1. The molecule has 0 aliphatic heterocycles. The Morgan fingerprint density at radius 1 is 1.30 bits per heavy atom. The van der Waals surface area contributed by atoms with Crippen LogP contribution < -0.4 is 10.7 Å². The van der Waals surface area contributed by atoms with Crippen LogP contribution in [0.4, 0.5) is 5.69 Å². The fourth-order valence-corrected chi connectivity index (χ4v) is 1.86. The average molecular weight is 330 g/mol. The minimum atomic E-state index is -0.545. The summed E-state index contributed by atoms with van der Waals surface area (Å²) in [5.41, 5.74) is 3.74. The number of thiocarbonyl (C=S) groups is 1. The number of hydrazone groups is 1. The molecule has 0 saturated heterocycles. The summed E-state index contributed by atoms with van der Waals surface area (Å²) in [5, 5.41) is 27.5. The van der Waals surface area contributed by atoms with E-state index in [1.807, 2.05) is 30.3 Å². The van der Waals surface area contributed by atoms with Crippen LogP contribution in [-0.4, -0.2) is 21.4 Å². The number of benzene rings is 2. The third-order valence-electron chi connectivity index (χ3n) is 2.89. The smallest absolute Gasteiger partial charge is 0.270 e. The van der Waals surface area contributed by atoms with E-state index in [9.17, 15) is 15.2 Å². The van der Waals surface area contributed by atoms with Crippen LogP contribution in [0, 0.1) is 10.1 Å². The zero-order chi connectivity index (χ0) is 16.7. The van der Waals surface area contributed by atoms with E-state index in [0.717, 1.165) is 5.56 Å². The molecule has 0 atom stereocenters. The molecule has 0 aromatic heterocycles. The molecule has 118 valence electrons. The van der Waals surface area contributed by atoms with Crippen LogP contribution >= 0.6 is 12.2 Å². The van der Waals surface area contributed by atoms with Crippen molar-refractivity contribution >= 4 is 29.2 Å². The van der Waals surface area contributed by atoms with Gasteiger partial charge in [-0.2, -0.15) is 5.10 Å². The van der Waals surface area contributed by atoms with Crippen LogP contribution in [0.3, 0.4) is 0 Å². The number of nitro benzene ring substituents is 1. The Labute approximate surface area is 137 Å². The third-order valence-corrected chi connectivity index (χ3v) is 3.12. The molecule has 0 unspecified atom stereocenters. The summed E-state index contributed by atoms with van der Waals surface area (Å²) in [4.78, 5) is 10.2. The van der Waals surface area contributed by atoms with Crippen molar-refractivity contribution in [2.75, 3.05) is 0 Å². The van der Waals surface area contributed by atoms with Gasteiger partial charge in [0.1, 0.15) is 5.75 Å². The van der Waals surface area contributed by atoms with Gasteiger partial charge in [0.2, 0.25) is 0 Å². The second kappa shape index (κ2) is 7.85. The van der Waals surface area contributed by atoms with E-state index in [4.69, 9.17) is 12.2 Å². The number of nitrogens with one attached hydrogen (secondary N) is 2. The largest absolute Gasteiger partial charge is 0.507 e. The van der Waals surface area contributed by atoms with Crippen molar-refractivity contribution in [3.63, 3.8) is 0 Å². The normalized spacial score (nSPS) is 10.4. The van der Waals surface area contributed by atoms with E-state index in [2.05, 4.69) is 15.8 Å². The van der Waals surface area contributed by atoms with Gasteiger partial charge in [0.25, 0.3) is 5.69 Å². The number of non-ortho nitro benzene ring substituents is 1. The first-order chi connectivity index (χ1) is 11.1. The van der Waals surface area contributed by atoms with Crippen molar-refractivity contribution in [1.29, 1.82) is 0 Å². The summed E-state index contributed by atoms with van der Waals surface area (Å²) in [7, 11) is 0. The van der Waals surface area contributed by atoms with Crippen LogP contribution in [0.25, 0.3) is 0 Å². The van der Waals surface area contributed by atoms with Crippen LogP contribution in [0.5, 0.6) is 5.75 Å². The topological polar surface area (TPSA) is 99.8 Å². The van der Waals surface area contributed by atoms with E-state index in [1.54, 1.807) is 0 Å². The highest BCUT2D eigenvalue weighted by molar-refractivity contribution is 7.80. The molecule has 0 bridgehead atoms. The molecule has 0 heterocycles. The fourth-order valence-electron chi connectivity index (χ4n) is 1.74. The Morgan fingerprint density at radius 2 is 2.04 bits per heavy atom. The molecule has 8 heteroatoms. The summed E-state index contributed by atoms with van der Waals surface area (Å²) in [6.45, 7) is 0.546. The quantitative estimate of drug-likeness (QED) is 0.337. The van der Waals surface area contributed by atoms with Gasteiger partial charge in [0, 0.05) is 24.2 Å². The van der Waals surface area contributed by atoms with Crippen molar-refractivity contribution in [2.24, 2.45) is 5.10 Å². The van der Waals surface area contributed by atoms with E-state index in [1.165, 1.54) is 24.4 Å². The van der Waals surface area contributed by atoms with Crippen LogP contribution in [0.15, 0.2) is 53.6 Å². The number of phenols is 1. The van der Waals surface area contributed by atoms with Crippen LogP contribution in [0.1, 0.15) is 11.1 Å². The van der Waals surface area contributed by atoms with Gasteiger partial charge in [-0.1, -0.05) is 30.3 Å². The Hall–Kier alpha value is -3.00. The maximum atomic E-state index is 10.7. The van der Waals surface area contributed by atoms with Gasteiger partial charge < -0.3 is 10.4 Å². The second-order valence-electron chi connectivity index (χ2n) is 4.54. The standard InChI is InChI=1S/C15H14N4O3S/c20-14-7-6-13(19(21)22)8-12(14)10-17-18-15(23)16-9-11-4-2-1-3-5-11/h1-8,10,20H,9H2,(H2,16,18,23)/b17-10-. The van der Waals surface area contributed by atoms with E-state index < -0.39 is 4.92 Å². The van der Waals surface area contributed by atoms with E-state index >= 15 is 0 Å². The molecule has 2 rings (SSSR count). The van der Waals surface area contributed by atoms with Gasteiger partial charge in [-0.15, -0.1) is 0 Å². The predicted octanol–water partition coefficient (Wildman–Crippen LogP) is 2.30. The molecule has 0 fully saturated rings. The number of phenolic OH excluding ortho intramolecular Hbond substituents is 1. The molecule has 2 aromatic rings. The zero-order valence-electron chi connectivity index (χ0n) is 12.0. The lowest BCUT2D eigenvalue weighted by molar-refractivity contribution is -0.384. The van der Waals surface area contributed by atoms with Crippen LogP contribution in [0.2, 0.25) is 0 Å². The van der Waals surface area contributed by atoms with Crippen molar-refractivity contribution in [2.45, 2.75) is 6.54 Å². The summed E-state index contributed by atoms with van der Waals surface area (Å²) in [6.07, 6.45) is 1.26. The monoisotopic (exact) mass is 330 g/mol. The number of hydrogen-bond acceptors (Lipinski definition) is 5. The summed E-state index contributed by atoms with van der Waals surface area (Å²) >= 11 is 5.06. The minimum Gasteiger partial charge on any atom is -0.507 e.